The van der Waals surface area contributed by atoms with Gasteiger partial charge in [-0.1, -0.05) is 41.5 Å². The number of nitrogens with zero attached hydrogens (tertiary/aromatic N) is 8. The number of pyridine rings is 3. The van der Waals surface area contributed by atoms with E-state index in [1.54, 1.807) is 40.2 Å². The van der Waals surface area contributed by atoms with Gasteiger partial charge in [0.2, 0.25) is 0 Å². The fourth-order valence-electron chi connectivity index (χ4n) is 8.92. The molecule has 2 saturated heterocycles. The van der Waals surface area contributed by atoms with Gasteiger partial charge in [-0.05, 0) is 163 Å². The highest BCUT2D eigenvalue weighted by Gasteiger charge is 2.24. The Morgan fingerprint density at radius 1 is 0.617 bits per heavy atom. The zero-order chi connectivity index (χ0) is 58.0. The molecule has 2 aliphatic heterocycles. The van der Waals surface area contributed by atoms with Crippen LogP contribution in [0.15, 0.2) is 77.7 Å². The third kappa shape index (κ3) is 17.0. The van der Waals surface area contributed by atoms with Crippen molar-refractivity contribution in [1.82, 2.24) is 44.7 Å². The molecule has 2 fully saturated rings. The number of hydrogen-bond acceptors (Lipinski definition) is 17. The number of aromatic amines is 1. The zero-order valence-corrected chi connectivity index (χ0v) is 53.3. The number of hydrogen-bond donors (Lipinski definition) is 7. The Labute approximate surface area is 498 Å². The molecule has 17 nitrogen and oxygen atoms in total. The monoisotopic (exact) mass is 1220 g/mol. The third-order valence-corrected chi connectivity index (χ3v) is 17.2. The Morgan fingerprint density at radius 2 is 1.09 bits per heavy atom. The number of thiophene rings is 3. The van der Waals surface area contributed by atoms with E-state index >= 15 is 0 Å². The van der Waals surface area contributed by atoms with Gasteiger partial charge in [0.05, 0.1) is 73.7 Å². The number of halogens is 1. The molecule has 0 aromatic carbocycles. The number of nitrogen functional groups attached to an aromatic ring is 1. The molecule has 9 aromatic heterocycles. The van der Waals surface area contributed by atoms with E-state index in [0.29, 0.717) is 23.6 Å². The summed E-state index contributed by atoms with van der Waals surface area (Å²) in [4.78, 5) is 17.6. The Hall–Kier alpha value is -5.68. The van der Waals surface area contributed by atoms with Crippen LogP contribution in [-0.2, 0) is 9.47 Å². The minimum Gasteiger partial charge on any atom is -0.384 e. The van der Waals surface area contributed by atoms with Crippen molar-refractivity contribution in [3.05, 3.63) is 77.7 Å². The van der Waals surface area contributed by atoms with Gasteiger partial charge in [-0.3, -0.25) is 5.10 Å². The first-order valence-electron chi connectivity index (χ1n) is 28.4. The third-order valence-electron chi connectivity index (χ3n) is 12.8. The van der Waals surface area contributed by atoms with Crippen molar-refractivity contribution in [3.63, 3.8) is 0 Å². The van der Waals surface area contributed by atoms with Crippen LogP contribution in [0.3, 0.4) is 0 Å². The SMILES string of the molecule is CC(C)(C)Nc1cc(Br)c2sc(-c3ccnn3C3CCCCO3)cc2n1.CC(C)CN.CC(C)CNc1cc(N)nc2cc(-c3ccn[nH]3)sc12.CC(C)CNc1cc(NC(C)(C)C)nc2cc(-c3ccnn3C3CCCCO3)sc12. The summed E-state index contributed by atoms with van der Waals surface area (Å²) >= 11 is 8.90. The van der Waals surface area contributed by atoms with Crippen LogP contribution in [-0.4, -0.2) is 88.6 Å². The second-order valence-corrected chi connectivity index (χ2v) is 28.0. The molecule has 0 amide bonds. The van der Waals surface area contributed by atoms with Crippen molar-refractivity contribution >= 4 is 109 Å². The summed E-state index contributed by atoms with van der Waals surface area (Å²) in [7, 11) is 0. The highest BCUT2D eigenvalue weighted by Crippen LogP contribution is 2.42. The molecule has 81 heavy (non-hydrogen) atoms. The van der Waals surface area contributed by atoms with Crippen LogP contribution in [0, 0.1) is 17.8 Å². The van der Waals surface area contributed by atoms with Crippen molar-refractivity contribution < 1.29 is 9.47 Å². The summed E-state index contributed by atoms with van der Waals surface area (Å²) in [5.41, 5.74) is 19.3. The van der Waals surface area contributed by atoms with E-state index in [1.807, 2.05) is 40.0 Å². The second kappa shape index (κ2) is 27.6. The molecule has 9 N–H and O–H groups in total. The Bertz CT molecular complexity index is 3410. The molecule has 2 aliphatic rings. The van der Waals surface area contributed by atoms with Crippen LogP contribution in [0.25, 0.3) is 62.4 Å². The van der Waals surface area contributed by atoms with Gasteiger partial charge in [0.1, 0.15) is 17.5 Å². The van der Waals surface area contributed by atoms with E-state index in [-0.39, 0.29) is 23.5 Å². The predicted molar refractivity (Wildman–Crippen MR) is 346 cm³/mol. The number of anilines is 5. The molecular weight excluding hydrogens is 1140 g/mol. The zero-order valence-electron chi connectivity index (χ0n) is 49.2. The van der Waals surface area contributed by atoms with Crippen molar-refractivity contribution in [2.45, 2.75) is 145 Å². The smallest absolute Gasteiger partial charge is 0.150 e. The number of rotatable bonds is 14. The molecule has 0 radical (unpaired) electrons. The van der Waals surface area contributed by atoms with Crippen LogP contribution in [0.2, 0.25) is 0 Å². The fourth-order valence-corrected chi connectivity index (χ4v) is 12.8. The van der Waals surface area contributed by atoms with E-state index in [9.17, 15) is 0 Å². The summed E-state index contributed by atoms with van der Waals surface area (Å²) in [5.74, 6) is 4.12. The summed E-state index contributed by atoms with van der Waals surface area (Å²) in [6.45, 7) is 30.1. The molecule has 0 spiro atoms. The number of nitrogens with one attached hydrogen (secondary N) is 5. The van der Waals surface area contributed by atoms with Gasteiger partial charge in [0.25, 0.3) is 0 Å². The molecule has 9 aromatic rings. The van der Waals surface area contributed by atoms with Gasteiger partial charge >= 0.3 is 0 Å². The lowest BCUT2D eigenvalue weighted by Gasteiger charge is -2.24. The maximum Gasteiger partial charge on any atom is 0.150 e. The summed E-state index contributed by atoms with van der Waals surface area (Å²) in [5, 5.41) is 30.1. The van der Waals surface area contributed by atoms with Crippen molar-refractivity contribution in [3.8, 4) is 31.7 Å². The first-order chi connectivity index (χ1) is 38.6. The molecule has 11 heterocycles. The van der Waals surface area contributed by atoms with E-state index in [0.717, 1.165) is 139 Å². The molecule has 0 aliphatic carbocycles. The molecule has 2 unspecified atom stereocenters. The molecule has 21 heteroatoms. The van der Waals surface area contributed by atoms with Gasteiger partial charge < -0.3 is 42.2 Å². The van der Waals surface area contributed by atoms with Crippen molar-refractivity contribution in [2.24, 2.45) is 23.5 Å². The van der Waals surface area contributed by atoms with Crippen molar-refractivity contribution in [2.75, 3.05) is 59.8 Å². The second-order valence-electron chi connectivity index (χ2n) is 24.0. The average Bonchev–Trinajstić information content (AvgIpc) is 4.29. The van der Waals surface area contributed by atoms with Gasteiger partial charge in [-0.15, -0.1) is 34.0 Å². The first-order valence-corrected chi connectivity index (χ1v) is 31.6. The maximum atomic E-state index is 5.99. The first kappa shape index (κ1) is 61.4. The molecule has 436 valence electrons. The molecule has 0 bridgehead atoms. The van der Waals surface area contributed by atoms with Crippen LogP contribution in [0.5, 0.6) is 0 Å². The number of ether oxygens (including phenoxy) is 2. The molecule has 0 saturated carbocycles. The normalized spacial score (nSPS) is 15.8. The summed E-state index contributed by atoms with van der Waals surface area (Å²) < 4.78 is 20.5. The standard InChI is InChI=1S/C23H33N5OS.C19H23BrN4OS.C14H17N5S.C4H11N/c1-15(2)14-24-16-13-20(27-23(3,4)5)26-17-12-19(30-22(16)17)18-9-10-25-28(18)21-8-6-7-11-29-21;1-19(2,3)23-16-10-12(20)18-13(22-16)11-15(26-18)14-7-8-21-24(14)17-6-4-5-9-25-17;1-8(2)7-16-10-6-13(15)18-11-5-12(20-14(10)11)9-3-4-17-19-9;1-4(2)3-5/h9-10,12-13,15,21H,6-8,11,14H2,1-5H3,(H2,24,26,27);7-8,10-11,17H,4-6,9H2,1-3H3,(H,22,23);3-6,8H,7H2,1-2H3,(H,17,19)(H3,15,16,18);4H,3,5H2,1-2H3. The molecule has 2 atom stereocenters. The minimum absolute atomic E-state index is 0.0265. The molecular formula is C60H84BrN15O2S3. The number of aromatic nitrogens is 9. The van der Waals surface area contributed by atoms with Crippen molar-refractivity contribution in [1.29, 1.82) is 0 Å². The number of nitrogens with two attached hydrogens (primary N) is 2. The highest BCUT2D eigenvalue weighted by atomic mass is 79.9. The average molecular weight is 1220 g/mol. The van der Waals surface area contributed by atoms with E-state index < -0.39 is 0 Å². The van der Waals surface area contributed by atoms with Crippen LogP contribution in [0.1, 0.15) is 134 Å². The lowest BCUT2D eigenvalue weighted by Crippen LogP contribution is -2.26. The van der Waals surface area contributed by atoms with E-state index in [2.05, 4.69) is 182 Å². The lowest BCUT2D eigenvalue weighted by atomic mass is 10.1. The largest absolute Gasteiger partial charge is 0.384 e. The Balaban J connectivity index is 0.000000155. The summed E-state index contributed by atoms with van der Waals surface area (Å²) in [6.07, 6.45) is 12.2. The minimum atomic E-state index is -0.0498. The predicted octanol–water partition coefficient (Wildman–Crippen LogP) is 15.9. The fraction of sp³-hybridized carbons (Fsp3) is 0.500. The highest BCUT2D eigenvalue weighted by molar-refractivity contribution is 9.10. The van der Waals surface area contributed by atoms with E-state index in [1.165, 1.54) is 22.4 Å². The maximum absolute atomic E-state index is 5.99. The van der Waals surface area contributed by atoms with E-state index in [4.69, 9.17) is 30.9 Å². The Morgan fingerprint density at radius 3 is 1.56 bits per heavy atom. The summed E-state index contributed by atoms with van der Waals surface area (Å²) in [6, 6.07) is 18.6. The number of fused-ring (bicyclic) bond motifs is 3. The van der Waals surface area contributed by atoms with Crippen LogP contribution >= 0.6 is 49.9 Å². The van der Waals surface area contributed by atoms with Gasteiger partial charge in [-0.2, -0.15) is 15.3 Å². The lowest BCUT2D eigenvalue weighted by molar-refractivity contribution is -0.0384. The molecule has 11 rings (SSSR count). The van der Waals surface area contributed by atoms with Crippen LogP contribution in [0.4, 0.5) is 28.8 Å². The topological polar surface area (TPSA) is 222 Å². The quantitative estimate of drug-likeness (QED) is 0.0538. The van der Waals surface area contributed by atoms with Gasteiger partial charge in [0.15, 0.2) is 12.5 Å². The van der Waals surface area contributed by atoms with Gasteiger partial charge in [-0.25, -0.2) is 24.3 Å². The Kier molecular flexibility index (Phi) is 20.9. The van der Waals surface area contributed by atoms with Crippen LogP contribution < -0.4 is 32.7 Å². The van der Waals surface area contributed by atoms with Gasteiger partial charge in [0, 0.05) is 72.6 Å². The number of H-pyrrole nitrogens is 1.